The third kappa shape index (κ3) is 9.12. The number of carbonyl (C=O) groups is 1. The number of imidazole rings is 1. The molecule has 0 spiro atoms. The number of hydrogen-bond acceptors (Lipinski definition) is 9. The first-order chi connectivity index (χ1) is 24.9. The van der Waals surface area contributed by atoms with Crippen LogP contribution >= 0.6 is 0 Å². The average molecular weight is 698 g/mol. The van der Waals surface area contributed by atoms with Crippen LogP contribution < -0.4 is 0 Å². The molecule has 4 N–H and O–H groups in total. The molecule has 0 radical (unpaired) electrons. The number of para-hydroxylation sites is 1. The maximum absolute atomic E-state index is 13.7. The van der Waals surface area contributed by atoms with Gasteiger partial charge >= 0.3 is 5.97 Å². The van der Waals surface area contributed by atoms with Gasteiger partial charge in [0.05, 0.1) is 25.0 Å². The lowest BCUT2D eigenvalue weighted by Gasteiger charge is -2.48. The number of aliphatic hydroxyl groups is 2. The molecule has 7 atom stereocenters. The Bertz CT molecular complexity index is 1800. The second-order valence-corrected chi connectivity index (χ2v) is 12.9. The third-order valence-corrected chi connectivity index (χ3v) is 9.21. The van der Waals surface area contributed by atoms with Crippen molar-refractivity contribution >= 4 is 16.9 Å². The Hall–Kier alpha value is -4.36. The number of unbranched alkanes of at least 4 members (excludes halogenated alkanes) is 2. The summed E-state index contributed by atoms with van der Waals surface area (Å²) in [7, 11) is 0. The van der Waals surface area contributed by atoms with Crippen LogP contribution in [0.1, 0.15) is 65.3 Å². The Morgan fingerprint density at radius 3 is 2.06 bits per heavy atom. The van der Waals surface area contributed by atoms with Crippen molar-refractivity contribution < 1.29 is 38.7 Å². The van der Waals surface area contributed by atoms with Crippen molar-refractivity contribution in [3.8, 4) is 0 Å². The minimum absolute atomic E-state index is 0.0243. The Balaban J connectivity index is 1.38. The standard InChI is InChI=1S/C40H47N3O8/c1-26-22-42-39(43-26)40(46)51-38-35(50-27(2)31-23-41-32-19-11-10-18-30(31)32)33(45)34(47-21-13-5-12-20-44)36(48-24-28-14-6-3-7-15-28)37(38)49-25-29-16-8-4-9-17-29/h3-4,6-11,14-19,22-23,27,33-38,41,44-45H,5,12-13,20-21,24-25H2,1-2H3,(H,42,43). The van der Waals surface area contributed by atoms with Gasteiger partial charge in [-0.05, 0) is 50.3 Å². The minimum Gasteiger partial charge on any atom is -0.451 e. The average Bonchev–Trinajstić information content (AvgIpc) is 3.80. The number of H-pyrrole nitrogens is 2. The number of aryl methyl sites for hydroxylation is 1. The molecular formula is C40H47N3O8. The van der Waals surface area contributed by atoms with Crippen molar-refractivity contribution in [2.45, 2.75) is 89.1 Å². The summed E-state index contributed by atoms with van der Waals surface area (Å²) in [6.07, 6.45) is -1.19. The van der Waals surface area contributed by atoms with Crippen LogP contribution in [-0.2, 0) is 36.9 Å². The van der Waals surface area contributed by atoms with Gasteiger partial charge in [0.25, 0.3) is 0 Å². The topological polar surface area (TPSA) is 148 Å². The number of aliphatic hydroxyl groups excluding tert-OH is 2. The number of benzene rings is 3. The highest BCUT2D eigenvalue weighted by molar-refractivity contribution is 5.85. The second kappa shape index (κ2) is 17.7. The van der Waals surface area contributed by atoms with Crippen molar-refractivity contribution in [1.29, 1.82) is 0 Å². The summed E-state index contributed by atoms with van der Waals surface area (Å²) >= 11 is 0. The smallest absolute Gasteiger partial charge is 0.374 e. The van der Waals surface area contributed by atoms with Gasteiger partial charge < -0.3 is 43.9 Å². The van der Waals surface area contributed by atoms with E-state index in [1.54, 1.807) is 13.1 Å². The van der Waals surface area contributed by atoms with E-state index in [0.717, 1.165) is 34.0 Å². The molecule has 1 saturated carbocycles. The number of esters is 1. The number of hydrogen-bond donors (Lipinski definition) is 4. The van der Waals surface area contributed by atoms with Crippen molar-refractivity contribution in [3.63, 3.8) is 0 Å². The summed E-state index contributed by atoms with van der Waals surface area (Å²) in [5.41, 5.74) is 4.28. The summed E-state index contributed by atoms with van der Waals surface area (Å²) in [6.45, 7) is 4.44. The molecule has 6 rings (SSSR count). The molecule has 11 nitrogen and oxygen atoms in total. The molecule has 5 aromatic rings. The van der Waals surface area contributed by atoms with E-state index in [1.165, 1.54) is 0 Å². The highest BCUT2D eigenvalue weighted by Gasteiger charge is 2.55. The highest BCUT2D eigenvalue weighted by atomic mass is 16.6. The van der Waals surface area contributed by atoms with E-state index in [2.05, 4.69) is 15.0 Å². The van der Waals surface area contributed by atoms with E-state index in [-0.39, 0.29) is 25.6 Å². The van der Waals surface area contributed by atoms with Crippen LogP contribution in [0.2, 0.25) is 0 Å². The molecule has 11 heteroatoms. The fourth-order valence-electron chi connectivity index (χ4n) is 6.58. The number of ether oxygens (including phenoxy) is 5. The van der Waals surface area contributed by atoms with Gasteiger partial charge in [-0.2, -0.15) is 0 Å². The zero-order valence-corrected chi connectivity index (χ0v) is 29.0. The van der Waals surface area contributed by atoms with Gasteiger partial charge in [0.15, 0.2) is 6.10 Å². The molecule has 1 aliphatic rings. The molecule has 0 aliphatic heterocycles. The van der Waals surface area contributed by atoms with Crippen LogP contribution in [0.5, 0.6) is 0 Å². The van der Waals surface area contributed by atoms with Crippen LogP contribution in [-0.4, -0.2) is 81.0 Å². The van der Waals surface area contributed by atoms with E-state index < -0.39 is 48.7 Å². The molecule has 270 valence electrons. The van der Waals surface area contributed by atoms with Crippen molar-refractivity contribution in [2.24, 2.45) is 0 Å². The van der Waals surface area contributed by atoms with E-state index >= 15 is 0 Å². The first-order valence-electron chi connectivity index (χ1n) is 17.6. The number of aromatic nitrogens is 3. The van der Waals surface area contributed by atoms with Gasteiger partial charge in [-0.3, -0.25) is 0 Å². The lowest BCUT2D eigenvalue weighted by molar-refractivity contribution is -0.275. The van der Waals surface area contributed by atoms with Gasteiger partial charge in [-0.25, -0.2) is 9.78 Å². The van der Waals surface area contributed by atoms with Crippen LogP contribution in [0.4, 0.5) is 0 Å². The van der Waals surface area contributed by atoms with Gasteiger partial charge in [0.2, 0.25) is 5.82 Å². The predicted molar refractivity (Wildman–Crippen MR) is 191 cm³/mol. The number of rotatable bonds is 17. The lowest BCUT2D eigenvalue weighted by Crippen LogP contribution is -2.67. The highest BCUT2D eigenvalue weighted by Crippen LogP contribution is 2.37. The molecule has 2 heterocycles. The molecular weight excluding hydrogens is 650 g/mol. The fourth-order valence-corrected chi connectivity index (χ4v) is 6.58. The zero-order valence-electron chi connectivity index (χ0n) is 29.0. The summed E-state index contributed by atoms with van der Waals surface area (Å²) in [5, 5.41) is 22.6. The molecule has 0 bridgehead atoms. The van der Waals surface area contributed by atoms with Crippen LogP contribution in [0.15, 0.2) is 97.3 Å². The summed E-state index contributed by atoms with van der Waals surface area (Å²) in [5.74, 6) is -0.691. The normalized spacial score (nSPS) is 22.6. The molecule has 1 fully saturated rings. The first-order valence-corrected chi connectivity index (χ1v) is 17.6. The predicted octanol–water partition coefficient (Wildman–Crippen LogP) is 5.96. The Kier molecular flexibility index (Phi) is 12.7. The molecule has 0 amide bonds. The molecule has 3 aromatic carbocycles. The SMILES string of the molecule is Cc1c[nH]c(C(=O)OC2C(OC(C)c3c[nH]c4ccccc34)C(O)C(OCCCCCO)C(OCc3ccccc3)C2OCc2ccccc2)n1. The Labute approximate surface area is 297 Å². The minimum atomic E-state index is -1.29. The lowest BCUT2D eigenvalue weighted by atomic mass is 9.83. The van der Waals surface area contributed by atoms with Gasteiger partial charge in [0, 0.05) is 42.1 Å². The van der Waals surface area contributed by atoms with Gasteiger partial charge in [0.1, 0.15) is 30.5 Å². The van der Waals surface area contributed by atoms with Crippen LogP contribution in [0.25, 0.3) is 10.9 Å². The Morgan fingerprint density at radius 1 is 0.765 bits per heavy atom. The summed E-state index contributed by atoms with van der Waals surface area (Å²) < 4.78 is 32.8. The monoisotopic (exact) mass is 697 g/mol. The molecule has 51 heavy (non-hydrogen) atoms. The van der Waals surface area contributed by atoms with Crippen LogP contribution in [0, 0.1) is 6.92 Å². The fraction of sp³-hybridized carbons (Fsp3) is 0.400. The van der Waals surface area contributed by atoms with Crippen molar-refractivity contribution in [3.05, 3.63) is 126 Å². The first kappa shape index (κ1) is 36.4. The quantitative estimate of drug-likeness (QED) is 0.0682. The molecule has 2 aromatic heterocycles. The van der Waals surface area contributed by atoms with Crippen LogP contribution in [0.3, 0.4) is 0 Å². The van der Waals surface area contributed by atoms with Crippen molar-refractivity contribution in [1.82, 2.24) is 15.0 Å². The molecule has 0 saturated heterocycles. The van der Waals surface area contributed by atoms with Gasteiger partial charge in [-0.1, -0.05) is 78.9 Å². The maximum Gasteiger partial charge on any atom is 0.374 e. The van der Waals surface area contributed by atoms with Crippen molar-refractivity contribution in [2.75, 3.05) is 13.2 Å². The molecule has 1 aliphatic carbocycles. The van der Waals surface area contributed by atoms with E-state index in [4.69, 9.17) is 23.7 Å². The second-order valence-electron chi connectivity index (χ2n) is 12.9. The number of carbonyl (C=O) groups excluding carboxylic acids is 1. The summed E-state index contributed by atoms with van der Waals surface area (Å²) in [4.78, 5) is 24.2. The largest absolute Gasteiger partial charge is 0.451 e. The van der Waals surface area contributed by atoms with Gasteiger partial charge in [-0.15, -0.1) is 0 Å². The number of nitrogens with zero attached hydrogens (tertiary/aromatic N) is 1. The Morgan fingerprint density at radius 2 is 1.41 bits per heavy atom. The third-order valence-electron chi connectivity index (χ3n) is 9.21. The zero-order chi connectivity index (χ0) is 35.6. The maximum atomic E-state index is 13.7. The van der Waals surface area contributed by atoms with E-state index in [0.29, 0.717) is 25.1 Å². The van der Waals surface area contributed by atoms with E-state index in [9.17, 15) is 15.0 Å². The number of aromatic amines is 2. The number of fused-ring (bicyclic) bond motifs is 1. The number of nitrogens with one attached hydrogen (secondary N) is 2. The summed E-state index contributed by atoms with van der Waals surface area (Å²) in [6, 6.07) is 27.3. The molecule has 7 unspecified atom stereocenters. The van der Waals surface area contributed by atoms with E-state index in [1.807, 2.05) is 98.0 Å².